The molecule has 1 heterocycles. The van der Waals surface area contributed by atoms with E-state index in [0.29, 0.717) is 21.8 Å². The van der Waals surface area contributed by atoms with Gasteiger partial charge in [0.2, 0.25) is 0 Å². The van der Waals surface area contributed by atoms with Crippen LogP contribution in [0.5, 0.6) is 0 Å². The second-order valence-electron chi connectivity index (χ2n) is 4.29. The number of halogens is 3. The number of nitrogens with one attached hydrogen (secondary N) is 1. The minimum Gasteiger partial charge on any atom is -0.369 e. The molecule has 1 saturated carbocycles. The quantitative estimate of drug-likeness (QED) is 0.821. The molecule has 0 bridgehead atoms. The number of hydrogen-bond acceptors (Lipinski definition) is 2. The first-order chi connectivity index (χ1) is 7.58. The Hall–Kier alpha value is -0.180. The Balaban J connectivity index is 2.00. The van der Waals surface area contributed by atoms with Crippen LogP contribution in [0.15, 0.2) is 6.07 Å². The Morgan fingerprint density at radius 2 is 2.06 bits per heavy atom. The standard InChI is InChI=1S/C11H13Cl3N2/c1-6(7-2-3-7)5-15-11-9(13)4-8(12)10(14)16-11/h4,6-7H,2-3,5H2,1H3,(H,15,16). The number of pyridine rings is 1. The molecule has 0 aliphatic heterocycles. The summed E-state index contributed by atoms with van der Waals surface area (Å²) in [4.78, 5) is 4.11. The zero-order valence-corrected chi connectivity index (χ0v) is 11.2. The maximum Gasteiger partial charge on any atom is 0.150 e. The van der Waals surface area contributed by atoms with E-state index >= 15 is 0 Å². The Morgan fingerprint density at radius 1 is 1.38 bits per heavy atom. The number of aromatic nitrogens is 1. The fourth-order valence-corrected chi connectivity index (χ4v) is 2.22. The van der Waals surface area contributed by atoms with Crippen LogP contribution >= 0.6 is 34.8 Å². The number of anilines is 1. The van der Waals surface area contributed by atoms with Crippen LogP contribution in [-0.4, -0.2) is 11.5 Å². The molecular weight excluding hydrogens is 266 g/mol. The highest BCUT2D eigenvalue weighted by atomic mass is 35.5. The summed E-state index contributed by atoms with van der Waals surface area (Å²) >= 11 is 17.6. The maximum absolute atomic E-state index is 6.01. The number of hydrogen-bond donors (Lipinski definition) is 1. The lowest BCUT2D eigenvalue weighted by Crippen LogP contribution is -2.14. The van der Waals surface area contributed by atoms with Crippen molar-refractivity contribution in [2.45, 2.75) is 19.8 Å². The second kappa shape index (κ2) is 4.99. The molecule has 1 atom stereocenters. The van der Waals surface area contributed by atoms with Gasteiger partial charge in [-0.3, -0.25) is 0 Å². The molecular formula is C11H13Cl3N2. The van der Waals surface area contributed by atoms with Gasteiger partial charge in [0.25, 0.3) is 0 Å². The predicted octanol–water partition coefficient (Wildman–Crippen LogP) is 4.50. The number of nitrogens with zero attached hydrogens (tertiary/aromatic N) is 1. The van der Waals surface area contributed by atoms with Crippen LogP contribution in [0.25, 0.3) is 0 Å². The lowest BCUT2D eigenvalue weighted by Gasteiger charge is -2.13. The third kappa shape index (κ3) is 2.93. The second-order valence-corrected chi connectivity index (χ2v) is 5.46. The van der Waals surface area contributed by atoms with Gasteiger partial charge in [-0.25, -0.2) is 4.98 Å². The van der Waals surface area contributed by atoms with Crippen molar-refractivity contribution in [1.29, 1.82) is 0 Å². The van der Waals surface area contributed by atoms with E-state index in [1.54, 1.807) is 6.07 Å². The first-order valence-corrected chi connectivity index (χ1v) is 6.46. The Morgan fingerprint density at radius 3 is 2.69 bits per heavy atom. The van der Waals surface area contributed by atoms with E-state index in [1.165, 1.54) is 12.8 Å². The molecule has 1 N–H and O–H groups in total. The van der Waals surface area contributed by atoms with Crippen LogP contribution in [0.4, 0.5) is 5.82 Å². The topological polar surface area (TPSA) is 24.9 Å². The summed E-state index contributed by atoms with van der Waals surface area (Å²) in [6.45, 7) is 3.10. The summed E-state index contributed by atoms with van der Waals surface area (Å²) in [6, 6.07) is 1.61. The maximum atomic E-state index is 6.01. The van der Waals surface area contributed by atoms with Crippen molar-refractivity contribution in [2.24, 2.45) is 11.8 Å². The summed E-state index contributed by atoms with van der Waals surface area (Å²) < 4.78 is 0. The van der Waals surface area contributed by atoms with Crippen LogP contribution in [0.2, 0.25) is 15.2 Å². The van der Waals surface area contributed by atoms with Crippen molar-refractivity contribution in [3.63, 3.8) is 0 Å². The lowest BCUT2D eigenvalue weighted by molar-refractivity contribution is 0.536. The van der Waals surface area contributed by atoms with Crippen molar-refractivity contribution in [3.8, 4) is 0 Å². The van der Waals surface area contributed by atoms with Crippen LogP contribution in [0.3, 0.4) is 0 Å². The fourth-order valence-electron chi connectivity index (χ4n) is 1.66. The summed E-state index contributed by atoms with van der Waals surface area (Å²) in [5.41, 5.74) is 0. The molecule has 1 unspecified atom stereocenters. The summed E-state index contributed by atoms with van der Waals surface area (Å²) in [5.74, 6) is 2.12. The first-order valence-electron chi connectivity index (χ1n) is 5.33. The van der Waals surface area contributed by atoms with Crippen molar-refractivity contribution in [1.82, 2.24) is 4.98 Å². The molecule has 0 amide bonds. The Labute approximate surface area is 110 Å². The predicted molar refractivity (Wildman–Crippen MR) is 69.6 cm³/mol. The van der Waals surface area contributed by atoms with Gasteiger partial charge in [0.05, 0.1) is 10.0 Å². The van der Waals surface area contributed by atoms with E-state index < -0.39 is 0 Å². The average Bonchev–Trinajstić information content (AvgIpc) is 3.04. The minimum atomic E-state index is 0.285. The molecule has 0 saturated heterocycles. The van der Waals surface area contributed by atoms with Gasteiger partial charge in [-0.1, -0.05) is 41.7 Å². The van der Waals surface area contributed by atoms with E-state index in [9.17, 15) is 0 Å². The van der Waals surface area contributed by atoms with Gasteiger partial charge in [0.1, 0.15) is 11.0 Å². The van der Waals surface area contributed by atoms with E-state index in [1.807, 2.05) is 0 Å². The van der Waals surface area contributed by atoms with E-state index in [-0.39, 0.29) is 5.15 Å². The molecule has 0 radical (unpaired) electrons. The molecule has 1 fully saturated rings. The largest absolute Gasteiger partial charge is 0.369 e. The smallest absolute Gasteiger partial charge is 0.150 e. The Kier molecular flexibility index (Phi) is 3.83. The highest BCUT2D eigenvalue weighted by Crippen LogP contribution is 2.37. The zero-order chi connectivity index (χ0) is 11.7. The Bertz CT molecular complexity index is 391. The number of rotatable bonds is 4. The molecule has 5 heteroatoms. The van der Waals surface area contributed by atoms with Gasteiger partial charge in [-0.05, 0) is 30.7 Å². The third-order valence-electron chi connectivity index (χ3n) is 2.90. The normalized spacial score (nSPS) is 17.2. The van der Waals surface area contributed by atoms with Crippen LogP contribution in [0.1, 0.15) is 19.8 Å². The van der Waals surface area contributed by atoms with E-state index in [2.05, 4.69) is 17.2 Å². The molecule has 88 valence electrons. The molecule has 16 heavy (non-hydrogen) atoms. The monoisotopic (exact) mass is 278 g/mol. The van der Waals surface area contributed by atoms with Gasteiger partial charge < -0.3 is 5.32 Å². The molecule has 1 aromatic heterocycles. The molecule has 2 nitrogen and oxygen atoms in total. The van der Waals surface area contributed by atoms with Crippen molar-refractivity contribution in [3.05, 3.63) is 21.3 Å². The first kappa shape index (κ1) is 12.3. The molecule has 1 aliphatic rings. The molecule has 2 rings (SSSR count). The molecule has 0 aromatic carbocycles. The van der Waals surface area contributed by atoms with Crippen molar-refractivity contribution in [2.75, 3.05) is 11.9 Å². The molecule has 1 aromatic rings. The third-order valence-corrected chi connectivity index (χ3v) is 3.87. The van der Waals surface area contributed by atoms with Gasteiger partial charge in [0.15, 0.2) is 0 Å². The van der Waals surface area contributed by atoms with Crippen molar-refractivity contribution < 1.29 is 0 Å². The van der Waals surface area contributed by atoms with Crippen LogP contribution in [0, 0.1) is 11.8 Å². The van der Waals surface area contributed by atoms with E-state index in [4.69, 9.17) is 34.8 Å². The fraction of sp³-hybridized carbons (Fsp3) is 0.545. The molecule has 1 aliphatic carbocycles. The zero-order valence-electron chi connectivity index (χ0n) is 8.93. The summed E-state index contributed by atoms with van der Waals surface area (Å²) in [6.07, 6.45) is 2.68. The minimum absolute atomic E-state index is 0.285. The van der Waals surface area contributed by atoms with Gasteiger partial charge in [-0.15, -0.1) is 0 Å². The van der Waals surface area contributed by atoms with E-state index in [0.717, 1.165) is 12.5 Å². The SMILES string of the molecule is CC(CNc1nc(Cl)c(Cl)cc1Cl)C1CC1. The highest BCUT2D eigenvalue weighted by molar-refractivity contribution is 6.42. The molecule has 0 spiro atoms. The lowest BCUT2D eigenvalue weighted by atomic mass is 10.1. The van der Waals surface area contributed by atoms with Crippen LogP contribution in [-0.2, 0) is 0 Å². The van der Waals surface area contributed by atoms with Crippen LogP contribution < -0.4 is 5.32 Å². The summed E-state index contributed by atoms with van der Waals surface area (Å²) in [7, 11) is 0. The summed E-state index contributed by atoms with van der Waals surface area (Å²) in [5, 5.41) is 4.39. The van der Waals surface area contributed by atoms with Gasteiger partial charge >= 0.3 is 0 Å². The van der Waals surface area contributed by atoms with Gasteiger partial charge in [0, 0.05) is 6.54 Å². The van der Waals surface area contributed by atoms with Crippen molar-refractivity contribution >= 4 is 40.6 Å². The highest BCUT2D eigenvalue weighted by Gasteiger charge is 2.27. The van der Waals surface area contributed by atoms with Gasteiger partial charge in [-0.2, -0.15) is 0 Å². The average molecular weight is 280 g/mol.